The third-order valence-corrected chi connectivity index (χ3v) is 6.02. The zero-order chi connectivity index (χ0) is 21.1. The first-order valence-corrected chi connectivity index (χ1v) is 9.80. The molecule has 0 unspecified atom stereocenters. The minimum Gasteiger partial charge on any atom is -0.373 e. The molecule has 2 bridgehead atoms. The number of ketones is 2. The lowest BCUT2D eigenvalue weighted by molar-refractivity contribution is -0.153. The van der Waals surface area contributed by atoms with Crippen LogP contribution in [0.2, 0.25) is 0 Å². The predicted molar refractivity (Wildman–Crippen MR) is 103 cm³/mol. The molecule has 1 aromatic rings. The number of amides is 3. The topological polar surface area (TPSA) is 113 Å². The van der Waals surface area contributed by atoms with Crippen LogP contribution in [0.1, 0.15) is 60.7 Å². The molecule has 3 fully saturated rings. The molecule has 0 radical (unpaired) electrons. The molecule has 8 heteroatoms. The van der Waals surface area contributed by atoms with E-state index in [4.69, 9.17) is 0 Å². The second kappa shape index (κ2) is 6.50. The van der Waals surface area contributed by atoms with Crippen LogP contribution in [0.5, 0.6) is 0 Å². The molecule has 3 saturated carbocycles. The Morgan fingerprint density at radius 3 is 2.41 bits per heavy atom. The highest BCUT2D eigenvalue weighted by Crippen LogP contribution is 2.51. The third-order valence-electron chi connectivity index (χ3n) is 6.02. The Kier molecular flexibility index (Phi) is 4.33. The molecule has 1 heterocycles. The summed E-state index contributed by atoms with van der Waals surface area (Å²) < 4.78 is 0. The summed E-state index contributed by atoms with van der Waals surface area (Å²) in [6.45, 7) is 5.37. The molecule has 1 atom stereocenters. The predicted octanol–water partition coefficient (Wildman–Crippen LogP) is 1.30. The van der Waals surface area contributed by atoms with Gasteiger partial charge in [-0.3, -0.25) is 28.9 Å². The Bertz CT molecular complexity index is 961. The highest BCUT2D eigenvalue weighted by atomic mass is 16.2. The summed E-state index contributed by atoms with van der Waals surface area (Å²) in [6, 6.07) is 4.17. The van der Waals surface area contributed by atoms with Gasteiger partial charge < -0.3 is 10.6 Å². The zero-order valence-corrected chi connectivity index (χ0v) is 16.6. The molecule has 29 heavy (non-hydrogen) atoms. The molecule has 5 rings (SSSR count). The van der Waals surface area contributed by atoms with Crippen molar-refractivity contribution in [2.24, 2.45) is 5.92 Å². The standard InChI is InChI=1S/C21H23N3O5/c1-10(2)22-18(27)11(3)23-14-6-4-5-13-17(14)20(29)24(19(13)28)21-8-12(9-21)15(25)7-16(21)26/h4-6,10-12,23H,7-9H2,1-3H3,(H,22,27)/t11-,12?,21?/m1/s1. The van der Waals surface area contributed by atoms with Gasteiger partial charge in [-0.15, -0.1) is 0 Å². The van der Waals surface area contributed by atoms with Crippen molar-refractivity contribution >= 4 is 35.0 Å². The van der Waals surface area contributed by atoms with Gasteiger partial charge >= 0.3 is 0 Å². The number of anilines is 1. The number of nitrogens with zero attached hydrogens (tertiary/aromatic N) is 1. The van der Waals surface area contributed by atoms with E-state index in [1.807, 2.05) is 13.8 Å². The largest absolute Gasteiger partial charge is 0.373 e. The molecule has 0 spiro atoms. The number of benzene rings is 1. The first kappa shape index (κ1) is 19.3. The summed E-state index contributed by atoms with van der Waals surface area (Å²) >= 11 is 0. The van der Waals surface area contributed by atoms with Gasteiger partial charge in [-0.05, 0) is 45.7 Å². The highest BCUT2D eigenvalue weighted by Gasteiger charge is 2.64. The van der Waals surface area contributed by atoms with Crippen LogP contribution in [-0.2, 0) is 14.4 Å². The summed E-state index contributed by atoms with van der Waals surface area (Å²) in [4.78, 5) is 64.0. The number of imide groups is 1. The number of Topliss-reactive ketones (excluding diaryl/α,β-unsaturated/α-hetero) is 2. The summed E-state index contributed by atoms with van der Waals surface area (Å²) in [7, 11) is 0. The second-order valence-electron chi connectivity index (χ2n) is 8.41. The molecule has 4 aliphatic rings. The van der Waals surface area contributed by atoms with Crippen molar-refractivity contribution in [2.75, 3.05) is 5.32 Å². The smallest absolute Gasteiger partial charge is 0.264 e. The first-order chi connectivity index (χ1) is 13.7. The third kappa shape index (κ3) is 2.77. The number of rotatable bonds is 5. The molecular formula is C21H23N3O5. The van der Waals surface area contributed by atoms with Gasteiger partial charge in [0.1, 0.15) is 17.4 Å². The molecule has 1 aliphatic heterocycles. The van der Waals surface area contributed by atoms with E-state index in [1.165, 1.54) is 0 Å². The van der Waals surface area contributed by atoms with Crippen LogP contribution < -0.4 is 10.6 Å². The Labute approximate surface area is 168 Å². The fourth-order valence-corrected chi connectivity index (χ4v) is 4.49. The van der Waals surface area contributed by atoms with Gasteiger partial charge in [-0.1, -0.05) is 6.07 Å². The SMILES string of the molecule is CC(C)NC(=O)[C@@H](C)Nc1cccc2c1C(=O)N(C13CC(C1)C(=O)CC3=O)C2=O. The van der Waals surface area contributed by atoms with E-state index in [0.717, 1.165) is 4.90 Å². The van der Waals surface area contributed by atoms with Crippen LogP contribution >= 0.6 is 0 Å². The van der Waals surface area contributed by atoms with E-state index < -0.39 is 23.4 Å². The Morgan fingerprint density at radius 2 is 1.79 bits per heavy atom. The van der Waals surface area contributed by atoms with E-state index in [-0.39, 0.29) is 59.8 Å². The van der Waals surface area contributed by atoms with Crippen LogP contribution in [0.25, 0.3) is 0 Å². The van der Waals surface area contributed by atoms with Crippen molar-refractivity contribution in [3.8, 4) is 0 Å². The number of hydrogen-bond donors (Lipinski definition) is 2. The van der Waals surface area contributed by atoms with Gasteiger partial charge in [0.05, 0.1) is 17.5 Å². The van der Waals surface area contributed by atoms with Crippen LogP contribution in [0, 0.1) is 5.92 Å². The Balaban J connectivity index is 1.64. The van der Waals surface area contributed by atoms with Crippen molar-refractivity contribution < 1.29 is 24.0 Å². The lowest BCUT2D eigenvalue weighted by Crippen LogP contribution is -2.68. The lowest BCUT2D eigenvalue weighted by Gasteiger charge is -2.53. The van der Waals surface area contributed by atoms with E-state index in [1.54, 1.807) is 25.1 Å². The average Bonchev–Trinajstić information content (AvgIpc) is 2.86. The molecule has 3 amide bonds. The first-order valence-electron chi connectivity index (χ1n) is 9.80. The Hall–Kier alpha value is -3.03. The number of hydrogen-bond acceptors (Lipinski definition) is 6. The quantitative estimate of drug-likeness (QED) is 0.572. The summed E-state index contributed by atoms with van der Waals surface area (Å²) in [5, 5.41) is 5.81. The maximum atomic E-state index is 13.2. The van der Waals surface area contributed by atoms with E-state index in [0.29, 0.717) is 5.69 Å². The van der Waals surface area contributed by atoms with E-state index in [2.05, 4.69) is 10.6 Å². The molecule has 2 N–H and O–H groups in total. The van der Waals surface area contributed by atoms with Gasteiger partial charge in [0.2, 0.25) is 5.91 Å². The minimum atomic E-state index is -1.20. The fourth-order valence-electron chi connectivity index (χ4n) is 4.49. The van der Waals surface area contributed by atoms with Gasteiger partial charge in [-0.25, -0.2) is 0 Å². The van der Waals surface area contributed by atoms with Crippen molar-refractivity contribution in [2.45, 2.75) is 57.7 Å². The van der Waals surface area contributed by atoms with E-state index in [9.17, 15) is 24.0 Å². The normalized spacial score (nSPS) is 26.3. The molecule has 0 saturated heterocycles. The van der Waals surface area contributed by atoms with Crippen LogP contribution in [-0.4, -0.2) is 51.8 Å². The highest BCUT2D eigenvalue weighted by molar-refractivity contribution is 6.27. The second-order valence-corrected chi connectivity index (χ2v) is 8.41. The summed E-state index contributed by atoms with van der Waals surface area (Å²) in [6.07, 6.45) is 0.202. The van der Waals surface area contributed by atoms with Crippen molar-refractivity contribution in [3.05, 3.63) is 29.3 Å². The zero-order valence-electron chi connectivity index (χ0n) is 16.6. The molecular weight excluding hydrogens is 374 g/mol. The molecule has 8 nitrogen and oxygen atoms in total. The molecule has 152 valence electrons. The average molecular weight is 397 g/mol. The maximum Gasteiger partial charge on any atom is 0.264 e. The molecule has 0 aromatic heterocycles. The van der Waals surface area contributed by atoms with Crippen molar-refractivity contribution in [1.82, 2.24) is 10.2 Å². The number of nitrogens with one attached hydrogen (secondary N) is 2. The summed E-state index contributed by atoms with van der Waals surface area (Å²) in [5.41, 5.74) is -0.450. The number of carbonyl (C=O) groups excluding carboxylic acids is 5. The maximum absolute atomic E-state index is 13.2. The lowest BCUT2D eigenvalue weighted by atomic mass is 9.57. The van der Waals surface area contributed by atoms with Gasteiger partial charge in [0.25, 0.3) is 11.8 Å². The Morgan fingerprint density at radius 1 is 1.10 bits per heavy atom. The van der Waals surface area contributed by atoms with Gasteiger partial charge in [0, 0.05) is 17.6 Å². The van der Waals surface area contributed by atoms with Gasteiger partial charge in [-0.2, -0.15) is 0 Å². The monoisotopic (exact) mass is 397 g/mol. The van der Waals surface area contributed by atoms with Crippen molar-refractivity contribution in [1.29, 1.82) is 0 Å². The minimum absolute atomic E-state index is 0.0300. The molecule has 1 aromatic carbocycles. The molecule has 3 aliphatic carbocycles. The van der Waals surface area contributed by atoms with Crippen LogP contribution in [0.15, 0.2) is 18.2 Å². The fraction of sp³-hybridized carbons (Fsp3) is 0.476. The summed E-state index contributed by atoms with van der Waals surface area (Å²) in [5.74, 6) is -2.03. The van der Waals surface area contributed by atoms with Crippen LogP contribution in [0.4, 0.5) is 5.69 Å². The number of fused-ring (bicyclic) bond motifs is 3. The van der Waals surface area contributed by atoms with E-state index >= 15 is 0 Å². The van der Waals surface area contributed by atoms with Gasteiger partial charge in [0.15, 0.2) is 5.78 Å². The van der Waals surface area contributed by atoms with Crippen molar-refractivity contribution in [3.63, 3.8) is 0 Å². The number of carbonyl (C=O) groups is 5. The van der Waals surface area contributed by atoms with Crippen LogP contribution in [0.3, 0.4) is 0 Å².